The van der Waals surface area contributed by atoms with Crippen molar-refractivity contribution >= 4 is 55.9 Å². The number of nitrogens with zero attached hydrogens (tertiary/aromatic N) is 1. The number of allylic oxidation sites excluding steroid dienone is 6. The largest absolute Gasteiger partial charge is 0.359 e. The highest BCUT2D eigenvalue weighted by atomic mass is 15.0. The number of nitrogens with one attached hydrogen (secondary N) is 1. The van der Waals surface area contributed by atoms with E-state index in [1.807, 2.05) is 6.20 Å². The number of hydrogen-bond acceptors (Lipinski definition) is 0. The maximum absolute atomic E-state index is 3.54. The van der Waals surface area contributed by atoms with Crippen LogP contribution in [-0.4, -0.2) is 9.55 Å². The maximum Gasteiger partial charge on any atom is 0.0782 e. The number of aromatic amines is 1. The van der Waals surface area contributed by atoms with Gasteiger partial charge in [0.05, 0.1) is 11.0 Å². The molecule has 2 nitrogen and oxygen atoms in total. The van der Waals surface area contributed by atoms with Crippen LogP contribution in [0.25, 0.3) is 72.7 Å². The number of hydrogen-bond donors (Lipinski definition) is 1. The molecule has 0 spiro atoms. The molecule has 7 aromatic rings. The molecule has 45 heavy (non-hydrogen) atoms. The summed E-state index contributed by atoms with van der Waals surface area (Å²) in [5.41, 5.74) is 13.0. The van der Waals surface area contributed by atoms with Crippen LogP contribution in [0, 0.1) is 0 Å². The molecule has 0 saturated carbocycles. The Balaban J connectivity index is 1.13. The van der Waals surface area contributed by atoms with E-state index in [4.69, 9.17) is 0 Å². The van der Waals surface area contributed by atoms with Gasteiger partial charge in [0.15, 0.2) is 0 Å². The summed E-state index contributed by atoms with van der Waals surface area (Å²) in [5.74, 6) is 0.302. The van der Waals surface area contributed by atoms with Gasteiger partial charge >= 0.3 is 0 Å². The monoisotopic (exact) mass is 574 g/mol. The molecule has 0 saturated heterocycles. The minimum absolute atomic E-state index is 0.302. The summed E-state index contributed by atoms with van der Waals surface area (Å²) in [7, 11) is 0. The molecule has 0 bridgehead atoms. The van der Waals surface area contributed by atoms with Gasteiger partial charge in [-0.05, 0) is 80.8 Å². The molecule has 1 unspecified atom stereocenters. The van der Waals surface area contributed by atoms with Crippen molar-refractivity contribution in [2.45, 2.75) is 18.8 Å². The van der Waals surface area contributed by atoms with E-state index in [1.165, 1.54) is 87.8 Å². The Labute approximate surface area is 261 Å². The van der Waals surface area contributed by atoms with Crippen LogP contribution in [0.4, 0.5) is 0 Å². The third kappa shape index (κ3) is 3.57. The minimum Gasteiger partial charge on any atom is -0.359 e. The van der Waals surface area contributed by atoms with Crippen LogP contribution < -0.4 is 10.6 Å². The molecule has 10 rings (SSSR count). The Kier molecular flexibility index (Phi) is 5.21. The van der Waals surface area contributed by atoms with Crippen molar-refractivity contribution in [2.75, 3.05) is 0 Å². The molecule has 3 aliphatic rings. The Morgan fingerprint density at radius 3 is 2.40 bits per heavy atom. The molecular formula is C43H30N2. The van der Waals surface area contributed by atoms with Gasteiger partial charge < -0.3 is 9.55 Å². The second kappa shape index (κ2) is 9.45. The van der Waals surface area contributed by atoms with Crippen LogP contribution in [0.5, 0.6) is 0 Å². The molecule has 5 aromatic carbocycles. The van der Waals surface area contributed by atoms with Crippen molar-refractivity contribution in [3.05, 3.63) is 161 Å². The lowest BCUT2D eigenvalue weighted by atomic mass is 9.88. The fourth-order valence-corrected chi connectivity index (χ4v) is 8.05. The third-order valence-electron chi connectivity index (χ3n) is 10.1. The molecular weight excluding hydrogens is 544 g/mol. The van der Waals surface area contributed by atoms with Gasteiger partial charge in [-0.3, -0.25) is 0 Å². The van der Waals surface area contributed by atoms with E-state index < -0.39 is 0 Å². The molecule has 2 heterocycles. The van der Waals surface area contributed by atoms with Crippen molar-refractivity contribution in [1.82, 2.24) is 9.55 Å². The van der Waals surface area contributed by atoms with Gasteiger partial charge in [0.25, 0.3) is 0 Å². The lowest BCUT2D eigenvalue weighted by Gasteiger charge is -2.17. The van der Waals surface area contributed by atoms with Crippen molar-refractivity contribution in [3.63, 3.8) is 0 Å². The molecule has 3 aliphatic carbocycles. The highest BCUT2D eigenvalue weighted by Crippen LogP contribution is 2.47. The summed E-state index contributed by atoms with van der Waals surface area (Å²) < 4.78 is 2.44. The lowest BCUT2D eigenvalue weighted by molar-refractivity contribution is 0.907. The summed E-state index contributed by atoms with van der Waals surface area (Å²) in [5, 5.41) is 7.86. The van der Waals surface area contributed by atoms with Gasteiger partial charge in [0.2, 0.25) is 0 Å². The van der Waals surface area contributed by atoms with E-state index in [0.29, 0.717) is 5.92 Å². The van der Waals surface area contributed by atoms with Crippen molar-refractivity contribution < 1.29 is 0 Å². The predicted molar refractivity (Wildman–Crippen MR) is 190 cm³/mol. The van der Waals surface area contributed by atoms with Crippen LogP contribution in [-0.2, 0) is 0 Å². The van der Waals surface area contributed by atoms with E-state index in [9.17, 15) is 0 Å². The highest BCUT2D eigenvalue weighted by molar-refractivity contribution is 6.20. The van der Waals surface area contributed by atoms with Crippen molar-refractivity contribution in [1.29, 1.82) is 0 Å². The summed E-state index contributed by atoms with van der Waals surface area (Å²) >= 11 is 0. The normalized spacial score (nSPS) is 16.6. The second-order valence-electron chi connectivity index (χ2n) is 12.5. The average molecular weight is 575 g/mol. The number of para-hydroxylation sites is 1. The predicted octanol–water partition coefficient (Wildman–Crippen LogP) is 9.42. The number of H-pyrrole nitrogens is 1. The zero-order chi connectivity index (χ0) is 29.5. The van der Waals surface area contributed by atoms with Gasteiger partial charge in [-0.2, -0.15) is 0 Å². The van der Waals surface area contributed by atoms with Gasteiger partial charge in [0.1, 0.15) is 0 Å². The number of benzene rings is 5. The summed E-state index contributed by atoms with van der Waals surface area (Å²) in [6.07, 6.45) is 18.1. The molecule has 0 aliphatic heterocycles. The van der Waals surface area contributed by atoms with Crippen molar-refractivity contribution in [2.24, 2.45) is 0 Å². The zero-order valence-electron chi connectivity index (χ0n) is 24.8. The molecule has 212 valence electrons. The SMILES string of the molecule is C1=CC2=C(C=CC1)c1ccc(-c3cccc(C4C=c5c(n(-c6ccccc6)c6c5ccc5cc[nH]c56)=CC4)c3)c3cccc2c13. The summed E-state index contributed by atoms with van der Waals surface area (Å²) in [6.45, 7) is 0. The van der Waals surface area contributed by atoms with Gasteiger partial charge in [0, 0.05) is 39.1 Å². The standard InChI is InChI=1S/C43H30N2/c1-3-11-31(12-4-1)45-40-22-18-29(26-39(40)38-19-17-27-23-24-44-42(27)43(38)45)28-9-7-10-30(25-28)32-20-21-37-34-14-6-2-5-13-33(34)36-16-8-15-35(32)41(36)37/h1,3-17,19-26,29,44H,2,18H2. The topological polar surface area (TPSA) is 20.7 Å². The first-order valence-electron chi connectivity index (χ1n) is 16.0. The van der Waals surface area contributed by atoms with Crippen LogP contribution >= 0.6 is 0 Å². The fourth-order valence-electron chi connectivity index (χ4n) is 8.05. The summed E-state index contributed by atoms with van der Waals surface area (Å²) in [4.78, 5) is 3.54. The molecule has 2 aromatic heterocycles. The highest BCUT2D eigenvalue weighted by Gasteiger charge is 2.24. The molecule has 0 amide bonds. The van der Waals surface area contributed by atoms with E-state index in [0.717, 1.165) is 12.8 Å². The Hall–Kier alpha value is -5.60. The zero-order valence-corrected chi connectivity index (χ0v) is 24.8. The Bertz CT molecular complexity index is 2560. The lowest BCUT2D eigenvalue weighted by Crippen LogP contribution is -2.31. The Morgan fingerprint density at radius 2 is 1.51 bits per heavy atom. The second-order valence-corrected chi connectivity index (χ2v) is 12.5. The van der Waals surface area contributed by atoms with Crippen molar-refractivity contribution in [3.8, 4) is 16.8 Å². The smallest absolute Gasteiger partial charge is 0.0782 e. The van der Waals surface area contributed by atoms with Gasteiger partial charge in [-0.15, -0.1) is 0 Å². The first kappa shape index (κ1) is 24.8. The average Bonchev–Trinajstić information content (AvgIpc) is 3.72. The van der Waals surface area contributed by atoms with E-state index >= 15 is 0 Å². The molecule has 1 N–H and O–H groups in total. The third-order valence-corrected chi connectivity index (χ3v) is 10.1. The maximum atomic E-state index is 3.54. The summed E-state index contributed by atoms with van der Waals surface area (Å²) in [6, 6.07) is 38.2. The first-order chi connectivity index (χ1) is 22.3. The first-order valence-corrected chi connectivity index (χ1v) is 16.0. The van der Waals surface area contributed by atoms with Crippen LogP contribution in [0.1, 0.15) is 35.4 Å². The number of fused-ring (bicyclic) bond motifs is 7. The molecule has 1 atom stereocenters. The molecule has 0 radical (unpaired) electrons. The van der Waals surface area contributed by atoms with E-state index in [2.05, 4.69) is 149 Å². The van der Waals surface area contributed by atoms with Gasteiger partial charge in [-0.1, -0.05) is 121 Å². The van der Waals surface area contributed by atoms with Crippen LogP contribution in [0.15, 0.2) is 134 Å². The van der Waals surface area contributed by atoms with E-state index in [-0.39, 0.29) is 0 Å². The Morgan fingerprint density at radius 1 is 0.689 bits per heavy atom. The quantitative estimate of drug-likeness (QED) is 0.217. The number of aromatic nitrogens is 2. The molecule has 0 fully saturated rings. The van der Waals surface area contributed by atoms with Crippen LogP contribution in [0.2, 0.25) is 0 Å². The van der Waals surface area contributed by atoms with Crippen LogP contribution in [0.3, 0.4) is 0 Å². The fraction of sp³-hybridized carbons (Fsp3) is 0.0698. The minimum atomic E-state index is 0.302. The molecule has 2 heteroatoms. The van der Waals surface area contributed by atoms with E-state index in [1.54, 1.807) is 0 Å². The van der Waals surface area contributed by atoms with Gasteiger partial charge in [-0.25, -0.2) is 0 Å². The number of rotatable bonds is 3.